The van der Waals surface area contributed by atoms with Crippen LogP contribution in [0.15, 0.2) is 36.4 Å². The number of benzene rings is 2. The van der Waals surface area contributed by atoms with Gasteiger partial charge < -0.3 is 10.4 Å². The number of nitro groups is 1. The van der Waals surface area contributed by atoms with Crippen LogP contribution < -0.4 is 5.32 Å². The molecule has 0 aliphatic carbocycles. The van der Waals surface area contributed by atoms with Crippen molar-refractivity contribution < 1.29 is 23.6 Å². The number of non-ortho nitro benzene ring substituents is 1. The molecule has 8 heteroatoms. The molecule has 0 saturated heterocycles. The van der Waals surface area contributed by atoms with Crippen molar-refractivity contribution in [1.29, 1.82) is 0 Å². The first-order valence-electron chi connectivity index (χ1n) is 5.62. The van der Waals surface area contributed by atoms with E-state index in [4.69, 9.17) is 0 Å². The third-order valence-corrected chi connectivity index (χ3v) is 2.61. The molecule has 0 heterocycles. The van der Waals surface area contributed by atoms with Crippen LogP contribution in [-0.2, 0) is 0 Å². The minimum atomic E-state index is -0.990. The highest BCUT2D eigenvalue weighted by Crippen LogP contribution is 2.28. The first-order chi connectivity index (χ1) is 9.88. The van der Waals surface area contributed by atoms with E-state index < -0.39 is 33.8 Å². The van der Waals surface area contributed by atoms with E-state index in [9.17, 15) is 28.8 Å². The molecule has 0 atom stereocenters. The summed E-state index contributed by atoms with van der Waals surface area (Å²) in [4.78, 5) is 21.6. The summed E-state index contributed by atoms with van der Waals surface area (Å²) in [7, 11) is 0. The van der Waals surface area contributed by atoms with Crippen molar-refractivity contribution in [3.63, 3.8) is 0 Å². The molecule has 0 fully saturated rings. The van der Waals surface area contributed by atoms with Crippen LogP contribution >= 0.6 is 0 Å². The van der Waals surface area contributed by atoms with E-state index in [1.54, 1.807) is 0 Å². The lowest BCUT2D eigenvalue weighted by Crippen LogP contribution is -2.14. The third kappa shape index (κ3) is 3.11. The minimum absolute atomic E-state index is 0.158. The second-order valence-electron chi connectivity index (χ2n) is 4.04. The highest BCUT2D eigenvalue weighted by molar-refractivity contribution is 6.05. The Kier molecular flexibility index (Phi) is 3.79. The first kappa shape index (κ1) is 14.4. The fourth-order valence-corrected chi connectivity index (χ4v) is 1.60. The number of rotatable bonds is 3. The molecular weight excluding hydrogens is 286 g/mol. The average molecular weight is 294 g/mol. The number of phenols is 1. The predicted molar refractivity (Wildman–Crippen MR) is 69.1 cm³/mol. The van der Waals surface area contributed by atoms with Crippen molar-refractivity contribution in [2.75, 3.05) is 5.32 Å². The van der Waals surface area contributed by atoms with E-state index in [1.165, 1.54) is 0 Å². The number of phenolic OH excluding ortho intramolecular Hbond substituents is 1. The summed E-state index contributed by atoms with van der Waals surface area (Å²) in [5, 5.41) is 22.2. The summed E-state index contributed by atoms with van der Waals surface area (Å²) in [5.41, 5.74) is -1.08. The third-order valence-electron chi connectivity index (χ3n) is 2.61. The summed E-state index contributed by atoms with van der Waals surface area (Å²) < 4.78 is 26.4. The van der Waals surface area contributed by atoms with Crippen molar-refractivity contribution in [3.8, 4) is 5.75 Å². The predicted octanol–water partition coefficient (Wildman–Crippen LogP) is 2.83. The van der Waals surface area contributed by atoms with E-state index in [2.05, 4.69) is 5.32 Å². The number of nitrogens with zero attached hydrogens (tertiary/aromatic N) is 1. The van der Waals surface area contributed by atoms with Crippen LogP contribution in [0.3, 0.4) is 0 Å². The SMILES string of the molecule is O=C(Nc1ccc([N+](=O)[O-])cc1O)c1cc(F)ccc1F. The Bertz CT molecular complexity index is 734. The maximum Gasteiger partial charge on any atom is 0.273 e. The lowest BCUT2D eigenvalue weighted by molar-refractivity contribution is -0.384. The van der Waals surface area contributed by atoms with Gasteiger partial charge in [0.2, 0.25) is 0 Å². The normalized spacial score (nSPS) is 10.2. The number of carbonyl (C=O) groups excluding carboxylic acids is 1. The Morgan fingerprint density at radius 1 is 1.19 bits per heavy atom. The second-order valence-corrected chi connectivity index (χ2v) is 4.04. The molecule has 2 aromatic carbocycles. The molecule has 0 radical (unpaired) electrons. The number of nitro benzene ring substituents is 1. The lowest BCUT2D eigenvalue weighted by Gasteiger charge is -2.08. The molecule has 2 aromatic rings. The quantitative estimate of drug-likeness (QED) is 0.517. The van der Waals surface area contributed by atoms with Crippen LogP contribution in [0.4, 0.5) is 20.2 Å². The number of aromatic hydroxyl groups is 1. The maximum atomic E-state index is 13.4. The van der Waals surface area contributed by atoms with Crippen LogP contribution in [0.2, 0.25) is 0 Å². The lowest BCUT2D eigenvalue weighted by atomic mass is 10.2. The Morgan fingerprint density at radius 2 is 1.90 bits per heavy atom. The molecule has 108 valence electrons. The number of hydrogen-bond donors (Lipinski definition) is 2. The van der Waals surface area contributed by atoms with Crippen LogP contribution in [0, 0.1) is 21.7 Å². The van der Waals surface area contributed by atoms with E-state index >= 15 is 0 Å². The smallest absolute Gasteiger partial charge is 0.273 e. The molecule has 0 aliphatic rings. The monoisotopic (exact) mass is 294 g/mol. The zero-order chi connectivity index (χ0) is 15.6. The van der Waals surface area contributed by atoms with Gasteiger partial charge in [0.15, 0.2) is 0 Å². The van der Waals surface area contributed by atoms with Gasteiger partial charge >= 0.3 is 0 Å². The second kappa shape index (κ2) is 5.53. The number of nitrogens with one attached hydrogen (secondary N) is 1. The van der Waals surface area contributed by atoms with Gasteiger partial charge in [0.1, 0.15) is 17.4 Å². The summed E-state index contributed by atoms with van der Waals surface area (Å²) in [6.07, 6.45) is 0. The number of halogens is 2. The topological polar surface area (TPSA) is 92.5 Å². The number of anilines is 1. The highest BCUT2D eigenvalue weighted by Gasteiger charge is 2.16. The Morgan fingerprint density at radius 3 is 2.52 bits per heavy atom. The van der Waals surface area contributed by atoms with Crippen LogP contribution in [0.1, 0.15) is 10.4 Å². The van der Waals surface area contributed by atoms with Crippen molar-refractivity contribution in [1.82, 2.24) is 0 Å². The van der Waals surface area contributed by atoms with Crippen molar-refractivity contribution in [2.45, 2.75) is 0 Å². The molecule has 2 N–H and O–H groups in total. The van der Waals surface area contributed by atoms with Crippen LogP contribution in [-0.4, -0.2) is 15.9 Å². The van der Waals surface area contributed by atoms with Crippen LogP contribution in [0.5, 0.6) is 5.75 Å². The van der Waals surface area contributed by atoms with Gasteiger partial charge in [-0.2, -0.15) is 0 Å². The average Bonchev–Trinajstić information content (AvgIpc) is 2.43. The van der Waals surface area contributed by atoms with Crippen molar-refractivity contribution in [3.05, 3.63) is 63.7 Å². The summed E-state index contributed by atoms with van der Waals surface area (Å²) in [5.74, 6) is -3.28. The Balaban J connectivity index is 2.27. The molecule has 21 heavy (non-hydrogen) atoms. The van der Waals surface area contributed by atoms with Gasteiger partial charge in [0.05, 0.1) is 22.2 Å². The Hall–Kier alpha value is -3.03. The Labute approximate surface area is 116 Å². The largest absolute Gasteiger partial charge is 0.506 e. The maximum absolute atomic E-state index is 13.4. The van der Waals surface area contributed by atoms with Gasteiger partial charge in [-0.25, -0.2) is 8.78 Å². The molecular formula is C13H8F2N2O4. The standard InChI is InChI=1S/C13H8F2N2O4/c14-7-1-3-10(15)9(5-7)13(19)16-11-4-2-8(17(20)21)6-12(11)18/h1-6,18H,(H,16,19). The molecule has 1 amide bonds. The van der Waals surface area contributed by atoms with E-state index in [0.717, 1.165) is 30.3 Å². The molecule has 0 spiro atoms. The zero-order valence-corrected chi connectivity index (χ0v) is 10.3. The van der Waals surface area contributed by atoms with Crippen molar-refractivity contribution >= 4 is 17.3 Å². The summed E-state index contributed by atoms with van der Waals surface area (Å²) >= 11 is 0. The molecule has 0 saturated carbocycles. The fraction of sp³-hybridized carbons (Fsp3) is 0. The van der Waals surface area contributed by atoms with Gasteiger partial charge in [-0.1, -0.05) is 0 Å². The van der Waals surface area contributed by atoms with Gasteiger partial charge in [-0.3, -0.25) is 14.9 Å². The van der Waals surface area contributed by atoms with Crippen molar-refractivity contribution in [2.24, 2.45) is 0 Å². The van der Waals surface area contributed by atoms with Gasteiger partial charge in [0.25, 0.3) is 11.6 Å². The van der Waals surface area contributed by atoms with Gasteiger partial charge in [0, 0.05) is 6.07 Å². The number of hydrogen-bond acceptors (Lipinski definition) is 4. The van der Waals surface area contributed by atoms with E-state index in [0.29, 0.717) is 6.07 Å². The minimum Gasteiger partial charge on any atom is -0.506 e. The van der Waals surface area contributed by atoms with Crippen LogP contribution in [0.25, 0.3) is 0 Å². The van der Waals surface area contributed by atoms with E-state index in [-0.39, 0.29) is 11.4 Å². The molecule has 0 bridgehead atoms. The zero-order valence-electron chi connectivity index (χ0n) is 10.3. The fourth-order valence-electron chi connectivity index (χ4n) is 1.60. The van der Waals surface area contributed by atoms with E-state index in [1.807, 2.05) is 0 Å². The highest BCUT2D eigenvalue weighted by atomic mass is 19.1. The molecule has 6 nitrogen and oxygen atoms in total. The summed E-state index contributed by atoms with van der Waals surface area (Å²) in [6, 6.07) is 5.32. The summed E-state index contributed by atoms with van der Waals surface area (Å²) in [6.45, 7) is 0. The molecule has 0 aromatic heterocycles. The number of amides is 1. The number of carbonyl (C=O) groups is 1. The van der Waals surface area contributed by atoms with Gasteiger partial charge in [-0.05, 0) is 24.3 Å². The van der Waals surface area contributed by atoms with Gasteiger partial charge in [-0.15, -0.1) is 0 Å². The molecule has 2 rings (SSSR count). The molecule has 0 unspecified atom stereocenters. The molecule has 0 aliphatic heterocycles. The first-order valence-corrected chi connectivity index (χ1v) is 5.62.